The molecule has 152 valence electrons. The third kappa shape index (κ3) is 4.47. The molecule has 2 heterocycles. The smallest absolute Gasteiger partial charge is 0.307 e. The van der Waals surface area contributed by atoms with Crippen molar-refractivity contribution in [2.45, 2.75) is 17.9 Å². The van der Waals surface area contributed by atoms with Crippen LogP contribution in [-0.4, -0.2) is 42.9 Å². The highest BCUT2D eigenvalue weighted by Crippen LogP contribution is 2.19. The van der Waals surface area contributed by atoms with Crippen molar-refractivity contribution in [3.05, 3.63) is 74.9 Å². The highest BCUT2D eigenvalue weighted by Gasteiger charge is 2.24. The fourth-order valence-electron chi connectivity index (χ4n) is 3.69. The number of likely N-dealkylation sites (tertiary alicyclic amines) is 1. The highest BCUT2D eigenvalue weighted by atomic mass is 32.2. The predicted molar refractivity (Wildman–Crippen MR) is 110 cm³/mol. The normalized spacial score (nSPS) is 17.7. The van der Waals surface area contributed by atoms with E-state index in [2.05, 4.69) is 31.7 Å². The maximum Gasteiger partial charge on any atom is 0.326 e. The van der Waals surface area contributed by atoms with Crippen molar-refractivity contribution in [2.75, 3.05) is 19.6 Å². The molecule has 0 spiro atoms. The van der Waals surface area contributed by atoms with Gasteiger partial charge in [0.1, 0.15) is 0 Å². The first kappa shape index (κ1) is 19.6. The molecule has 1 saturated heterocycles. The zero-order valence-electron chi connectivity index (χ0n) is 15.7. The molecule has 0 aliphatic carbocycles. The lowest BCUT2D eigenvalue weighted by Gasteiger charge is -2.16. The van der Waals surface area contributed by atoms with Gasteiger partial charge in [-0.1, -0.05) is 30.3 Å². The summed E-state index contributed by atoms with van der Waals surface area (Å²) in [6.45, 7) is 2.96. The number of hydrogen-bond donors (Lipinski definition) is 3. The molecule has 1 aromatic heterocycles. The van der Waals surface area contributed by atoms with Crippen LogP contribution in [0.1, 0.15) is 12.0 Å². The van der Waals surface area contributed by atoms with E-state index in [4.69, 9.17) is 0 Å². The maximum atomic E-state index is 12.7. The summed E-state index contributed by atoms with van der Waals surface area (Å²) in [5.74, 6) is 0.230. The van der Waals surface area contributed by atoms with E-state index >= 15 is 0 Å². The molecule has 2 aromatic carbocycles. The van der Waals surface area contributed by atoms with E-state index in [0.717, 1.165) is 26.1 Å². The zero-order chi connectivity index (χ0) is 20.4. The Morgan fingerprint density at radius 1 is 1.07 bits per heavy atom. The fraction of sp³-hybridized carbons (Fsp3) is 0.300. The van der Waals surface area contributed by atoms with Crippen molar-refractivity contribution in [2.24, 2.45) is 5.92 Å². The van der Waals surface area contributed by atoms with Gasteiger partial charge in [-0.15, -0.1) is 0 Å². The monoisotopic (exact) mass is 414 g/mol. The quantitative estimate of drug-likeness (QED) is 0.557. The molecule has 1 aliphatic heterocycles. The van der Waals surface area contributed by atoms with Crippen LogP contribution in [-0.2, 0) is 16.6 Å². The van der Waals surface area contributed by atoms with Crippen molar-refractivity contribution >= 4 is 20.9 Å². The molecule has 1 atom stereocenters. The summed E-state index contributed by atoms with van der Waals surface area (Å²) in [6, 6.07) is 14.3. The van der Waals surface area contributed by atoms with E-state index in [1.807, 2.05) is 18.2 Å². The summed E-state index contributed by atoms with van der Waals surface area (Å²) in [5, 5.41) is 0.127. The molecule has 1 aliphatic rings. The maximum absolute atomic E-state index is 12.7. The Balaban J connectivity index is 1.41. The van der Waals surface area contributed by atoms with E-state index < -0.39 is 21.3 Å². The Labute approximate surface area is 167 Å². The molecule has 0 bridgehead atoms. The predicted octanol–water partition coefficient (Wildman–Crippen LogP) is 1.02. The van der Waals surface area contributed by atoms with Crippen LogP contribution in [0, 0.1) is 5.92 Å². The average Bonchev–Trinajstić information content (AvgIpc) is 3.14. The number of rotatable bonds is 6. The Bertz CT molecular complexity index is 1230. The van der Waals surface area contributed by atoms with Crippen LogP contribution in [0.25, 0.3) is 10.9 Å². The molecule has 8 nitrogen and oxygen atoms in total. The van der Waals surface area contributed by atoms with Crippen molar-refractivity contribution in [1.29, 1.82) is 0 Å². The third-order valence-corrected chi connectivity index (χ3v) is 6.62. The zero-order valence-corrected chi connectivity index (χ0v) is 16.5. The Kier molecular flexibility index (Phi) is 5.35. The molecule has 3 aromatic rings. The molecule has 29 heavy (non-hydrogen) atoms. The first-order valence-corrected chi connectivity index (χ1v) is 10.9. The molecular weight excluding hydrogens is 392 g/mol. The number of nitrogens with zero attached hydrogens (tertiary/aromatic N) is 1. The first-order chi connectivity index (χ1) is 13.9. The molecule has 0 saturated carbocycles. The van der Waals surface area contributed by atoms with Gasteiger partial charge in [-0.2, -0.15) is 0 Å². The molecule has 0 unspecified atom stereocenters. The van der Waals surface area contributed by atoms with Crippen LogP contribution in [0.4, 0.5) is 0 Å². The standard InChI is InChI=1S/C20H22N4O4S/c25-19-17-10-16(6-7-18(17)22-20(26)23-19)29(27,28)21-11-15-8-9-24(13-15)12-14-4-2-1-3-5-14/h1-7,10,15,21H,8-9,11-13H2,(H2,22,23,25,26)/t15-/m0/s1. The summed E-state index contributed by atoms with van der Waals surface area (Å²) >= 11 is 0. The van der Waals surface area contributed by atoms with Crippen molar-refractivity contribution in [1.82, 2.24) is 19.6 Å². The summed E-state index contributed by atoms with van der Waals surface area (Å²) < 4.78 is 28.0. The fourth-order valence-corrected chi connectivity index (χ4v) is 4.83. The SMILES string of the molecule is O=c1[nH]c(=O)c2cc(S(=O)(=O)NC[C@@H]3CCN(Cc4ccccc4)C3)ccc2[nH]1. The second-order valence-corrected chi connectivity index (χ2v) is 9.11. The van der Waals surface area contributed by atoms with E-state index in [1.165, 1.54) is 23.8 Å². The average molecular weight is 414 g/mol. The minimum atomic E-state index is -3.76. The Hall–Kier alpha value is -2.75. The van der Waals surface area contributed by atoms with Crippen LogP contribution >= 0.6 is 0 Å². The number of aromatic nitrogens is 2. The number of nitrogens with one attached hydrogen (secondary N) is 3. The second-order valence-electron chi connectivity index (χ2n) is 7.34. The van der Waals surface area contributed by atoms with Crippen LogP contribution < -0.4 is 16.0 Å². The first-order valence-electron chi connectivity index (χ1n) is 9.43. The van der Waals surface area contributed by atoms with Crippen molar-refractivity contribution in [3.63, 3.8) is 0 Å². The highest BCUT2D eigenvalue weighted by molar-refractivity contribution is 7.89. The van der Waals surface area contributed by atoms with Crippen LogP contribution in [0.2, 0.25) is 0 Å². The molecule has 4 rings (SSSR count). The van der Waals surface area contributed by atoms with Gasteiger partial charge in [-0.3, -0.25) is 14.7 Å². The number of aromatic amines is 2. The van der Waals surface area contributed by atoms with Crippen molar-refractivity contribution < 1.29 is 8.42 Å². The number of H-pyrrole nitrogens is 2. The van der Waals surface area contributed by atoms with Gasteiger partial charge < -0.3 is 4.98 Å². The van der Waals surface area contributed by atoms with E-state index in [9.17, 15) is 18.0 Å². The van der Waals surface area contributed by atoms with Crippen LogP contribution in [0.3, 0.4) is 0 Å². The van der Waals surface area contributed by atoms with Gasteiger partial charge >= 0.3 is 5.69 Å². The largest absolute Gasteiger partial charge is 0.326 e. The summed E-state index contributed by atoms with van der Waals surface area (Å²) in [4.78, 5) is 30.2. The number of benzene rings is 2. The van der Waals surface area contributed by atoms with Crippen LogP contribution in [0.15, 0.2) is 63.0 Å². The molecule has 0 amide bonds. The number of sulfonamides is 1. The van der Waals surface area contributed by atoms with Gasteiger partial charge in [-0.25, -0.2) is 17.9 Å². The minimum Gasteiger partial charge on any atom is -0.307 e. The van der Waals surface area contributed by atoms with Crippen LogP contribution in [0.5, 0.6) is 0 Å². The molecule has 9 heteroatoms. The van der Waals surface area contributed by atoms with Crippen molar-refractivity contribution in [3.8, 4) is 0 Å². The number of fused-ring (bicyclic) bond motifs is 1. The topological polar surface area (TPSA) is 115 Å². The van der Waals surface area contributed by atoms with E-state index in [0.29, 0.717) is 12.1 Å². The van der Waals surface area contributed by atoms with Gasteiger partial charge in [0, 0.05) is 19.6 Å². The lowest BCUT2D eigenvalue weighted by molar-refractivity contribution is 0.316. The number of hydrogen-bond acceptors (Lipinski definition) is 5. The second kappa shape index (κ2) is 7.94. The minimum absolute atomic E-state index is 0.00156. The van der Waals surface area contributed by atoms with Gasteiger partial charge in [0.15, 0.2) is 0 Å². The lowest BCUT2D eigenvalue weighted by Crippen LogP contribution is -2.31. The molecule has 0 radical (unpaired) electrons. The Morgan fingerprint density at radius 3 is 2.66 bits per heavy atom. The lowest BCUT2D eigenvalue weighted by atomic mass is 10.1. The van der Waals surface area contributed by atoms with Gasteiger partial charge in [0.05, 0.1) is 15.8 Å². The molecule has 1 fully saturated rings. The summed E-state index contributed by atoms with van der Waals surface area (Å²) in [7, 11) is -3.76. The third-order valence-electron chi connectivity index (χ3n) is 5.20. The molecule has 3 N–H and O–H groups in total. The van der Waals surface area contributed by atoms with E-state index in [1.54, 1.807) is 0 Å². The van der Waals surface area contributed by atoms with Gasteiger partial charge in [0.2, 0.25) is 10.0 Å². The van der Waals surface area contributed by atoms with Gasteiger partial charge in [-0.05, 0) is 42.6 Å². The Morgan fingerprint density at radius 2 is 1.86 bits per heavy atom. The summed E-state index contributed by atoms with van der Waals surface area (Å²) in [6.07, 6.45) is 0.925. The van der Waals surface area contributed by atoms with E-state index in [-0.39, 0.29) is 16.2 Å². The molecular formula is C20H22N4O4S. The van der Waals surface area contributed by atoms with Gasteiger partial charge in [0.25, 0.3) is 5.56 Å². The summed E-state index contributed by atoms with van der Waals surface area (Å²) in [5.41, 5.74) is 0.295.